The van der Waals surface area contributed by atoms with Crippen LogP contribution in [0.25, 0.3) is 0 Å². The summed E-state index contributed by atoms with van der Waals surface area (Å²) in [6.07, 6.45) is 4.53. The monoisotopic (exact) mass is 245 g/mol. The Morgan fingerprint density at radius 1 is 1.11 bits per heavy atom. The van der Waals surface area contributed by atoms with Gasteiger partial charge < -0.3 is 10.6 Å². The number of aromatic nitrogens is 1. The highest BCUT2D eigenvalue weighted by atomic mass is 16.2. The number of carbonyl (C=O) groups excluding carboxylic acids is 2. The van der Waals surface area contributed by atoms with E-state index in [2.05, 4.69) is 28.8 Å². The van der Waals surface area contributed by atoms with E-state index in [4.69, 9.17) is 0 Å². The van der Waals surface area contributed by atoms with Crippen molar-refractivity contribution >= 4 is 11.8 Å². The minimum absolute atomic E-state index is 0.250. The van der Waals surface area contributed by atoms with Crippen molar-refractivity contribution in [3.05, 3.63) is 54.9 Å². The molecule has 0 saturated carbocycles. The lowest BCUT2D eigenvalue weighted by atomic mass is 10.2. The third-order valence-electron chi connectivity index (χ3n) is 2.07. The molecule has 0 spiro atoms. The molecule has 1 aromatic heterocycles. The highest BCUT2D eigenvalue weighted by Crippen LogP contribution is 2.00. The first kappa shape index (κ1) is 13.6. The van der Waals surface area contributed by atoms with Gasteiger partial charge in [0.1, 0.15) is 5.69 Å². The van der Waals surface area contributed by atoms with Crippen molar-refractivity contribution in [2.75, 3.05) is 13.1 Å². The molecule has 0 bridgehead atoms. The van der Waals surface area contributed by atoms with Crippen LogP contribution in [0.4, 0.5) is 0 Å². The summed E-state index contributed by atoms with van der Waals surface area (Å²) < 4.78 is 0. The van der Waals surface area contributed by atoms with Crippen molar-refractivity contribution in [2.45, 2.75) is 0 Å². The minimum Gasteiger partial charge on any atom is -0.349 e. The molecule has 1 aromatic rings. The number of nitrogens with zero attached hydrogens (tertiary/aromatic N) is 1. The highest BCUT2D eigenvalue weighted by molar-refractivity contribution is 5.96. The fraction of sp³-hybridized carbons (Fsp3) is 0.154. The van der Waals surface area contributed by atoms with Gasteiger partial charge in [0.25, 0.3) is 11.8 Å². The summed E-state index contributed by atoms with van der Waals surface area (Å²) in [5.41, 5.74) is 0.661. The van der Waals surface area contributed by atoms with E-state index < -0.39 is 0 Å². The molecule has 1 heterocycles. The first-order chi connectivity index (χ1) is 8.69. The van der Waals surface area contributed by atoms with Crippen molar-refractivity contribution in [3.63, 3.8) is 0 Å². The summed E-state index contributed by atoms with van der Waals surface area (Å²) in [6.45, 7) is 7.76. The molecule has 0 aliphatic rings. The van der Waals surface area contributed by atoms with Crippen LogP contribution in [0.5, 0.6) is 0 Å². The number of hydrogen-bond donors (Lipinski definition) is 2. The van der Waals surface area contributed by atoms with Crippen molar-refractivity contribution in [2.24, 2.45) is 0 Å². The lowest BCUT2D eigenvalue weighted by Crippen LogP contribution is -2.25. The zero-order valence-electron chi connectivity index (χ0n) is 9.98. The molecule has 18 heavy (non-hydrogen) atoms. The zero-order valence-corrected chi connectivity index (χ0v) is 9.98. The molecule has 5 nitrogen and oxygen atoms in total. The van der Waals surface area contributed by atoms with Gasteiger partial charge in [0.05, 0.1) is 5.56 Å². The fourth-order valence-electron chi connectivity index (χ4n) is 1.18. The van der Waals surface area contributed by atoms with Gasteiger partial charge in [-0.2, -0.15) is 0 Å². The second kappa shape index (κ2) is 7.01. The molecule has 0 unspecified atom stereocenters. The molecule has 1 rings (SSSR count). The Balaban J connectivity index is 2.67. The Labute approximate surface area is 106 Å². The zero-order chi connectivity index (χ0) is 13.4. The maximum absolute atomic E-state index is 11.5. The van der Waals surface area contributed by atoms with Crippen molar-refractivity contribution in [1.82, 2.24) is 15.6 Å². The normalized spacial score (nSPS) is 9.33. The van der Waals surface area contributed by atoms with Crippen LogP contribution in [0.1, 0.15) is 20.8 Å². The molecule has 0 saturated heterocycles. The third kappa shape index (κ3) is 3.86. The molecule has 0 aliphatic carbocycles. The van der Waals surface area contributed by atoms with Crippen LogP contribution in [0.3, 0.4) is 0 Å². The van der Waals surface area contributed by atoms with Gasteiger partial charge in [-0.25, -0.2) is 0 Å². The Hall–Kier alpha value is -2.43. The number of carbonyl (C=O) groups is 2. The molecule has 0 aliphatic heterocycles. The van der Waals surface area contributed by atoms with Gasteiger partial charge in [-0.05, 0) is 12.1 Å². The van der Waals surface area contributed by atoms with Crippen LogP contribution in [0.15, 0.2) is 43.6 Å². The molecular weight excluding hydrogens is 230 g/mol. The van der Waals surface area contributed by atoms with Crippen molar-refractivity contribution in [1.29, 1.82) is 0 Å². The molecular formula is C13H15N3O2. The average Bonchev–Trinajstić information content (AvgIpc) is 2.42. The van der Waals surface area contributed by atoms with Gasteiger partial charge >= 0.3 is 0 Å². The topological polar surface area (TPSA) is 71.1 Å². The number of hydrogen-bond acceptors (Lipinski definition) is 3. The lowest BCUT2D eigenvalue weighted by molar-refractivity contribution is 0.0942. The van der Waals surface area contributed by atoms with E-state index in [-0.39, 0.29) is 17.5 Å². The summed E-state index contributed by atoms with van der Waals surface area (Å²) in [5.74, 6) is -0.548. The summed E-state index contributed by atoms with van der Waals surface area (Å²) in [4.78, 5) is 27.0. The third-order valence-corrected chi connectivity index (χ3v) is 2.07. The van der Waals surface area contributed by atoms with Crippen LogP contribution in [-0.2, 0) is 0 Å². The van der Waals surface area contributed by atoms with Crippen LogP contribution in [0.2, 0.25) is 0 Å². The van der Waals surface area contributed by atoms with Gasteiger partial charge in [-0.3, -0.25) is 14.6 Å². The Morgan fingerprint density at radius 3 is 2.22 bits per heavy atom. The Bertz CT molecular complexity index is 409. The Morgan fingerprint density at radius 2 is 1.72 bits per heavy atom. The van der Waals surface area contributed by atoms with E-state index in [0.717, 1.165) is 0 Å². The molecule has 0 radical (unpaired) electrons. The first-order valence-electron chi connectivity index (χ1n) is 5.43. The van der Waals surface area contributed by atoms with E-state index in [9.17, 15) is 9.59 Å². The molecule has 0 fully saturated rings. The van der Waals surface area contributed by atoms with E-state index in [1.54, 1.807) is 18.2 Å². The van der Waals surface area contributed by atoms with Gasteiger partial charge in [0.15, 0.2) is 0 Å². The van der Waals surface area contributed by atoms with Gasteiger partial charge in [-0.1, -0.05) is 12.2 Å². The van der Waals surface area contributed by atoms with E-state index >= 15 is 0 Å². The summed E-state index contributed by atoms with van der Waals surface area (Å²) in [7, 11) is 0. The lowest BCUT2D eigenvalue weighted by Gasteiger charge is -2.04. The van der Waals surface area contributed by atoms with Gasteiger partial charge in [0.2, 0.25) is 0 Å². The number of pyridine rings is 1. The highest BCUT2D eigenvalue weighted by Gasteiger charge is 2.08. The van der Waals surface area contributed by atoms with Crippen LogP contribution in [-0.4, -0.2) is 29.9 Å². The number of nitrogens with one attached hydrogen (secondary N) is 2. The SMILES string of the molecule is C=CCNC(=O)c1ccc(C(=O)NCC=C)nc1. The van der Waals surface area contributed by atoms with E-state index in [0.29, 0.717) is 18.7 Å². The average molecular weight is 245 g/mol. The summed E-state index contributed by atoms with van der Waals surface area (Å²) >= 11 is 0. The minimum atomic E-state index is -0.298. The predicted octanol–water partition coefficient (Wildman–Crippen LogP) is 0.913. The predicted molar refractivity (Wildman–Crippen MR) is 69.3 cm³/mol. The first-order valence-corrected chi connectivity index (χ1v) is 5.43. The maximum atomic E-state index is 11.5. The molecule has 0 atom stereocenters. The second-order valence-electron chi connectivity index (χ2n) is 3.43. The standard InChI is InChI=1S/C13H15N3O2/c1-3-7-14-12(17)10-5-6-11(16-9-10)13(18)15-8-4-2/h3-6,9H,1-2,7-8H2,(H,14,17)(H,15,18). The molecule has 5 heteroatoms. The van der Waals surface area contributed by atoms with Gasteiger partial charge in [0, 0.05) is 19.3 Å². The maximum Gasteiger partial charge on any atom is 0.270 e. The summed E-state index contributed by atoms with van der Waals surface area (Å²) in [6, 6.07) is 3.05. The molecule has 0 aromatic carbocycles. The van der Waals surface area contributed by atoms with Crippen LogP contribution in [0, 0.1) is 0 Å². The summed E-state index contributed by atoms with van der Waals surface area (Å²) in [5, 5.41) is 5.22. The number of rotatable bonds is 6. The molecule has 2 amide bonds. The molecule has 2 N–H and O–H groups in total. The van der Waals surface area contributed by atoms with E-state index in [1.807, 2.05) is 0 Å². The van der Waals surface area contributed by atoms with Crippen molar-refractivity contribution < 1.29 is 9.59 Å². The smallest absolute Gasteiger partial charge is 0.270 e. The van der Waals surface area contributed by atoms with Gasteiger partial charge in [-0.15, -0.1) is 13.2 Å². The van der Waals surface area contributed by atoms with Crippen LogP contribution >= 0.6 is 0 Å². The molecule has 94 valence electrons. The fourth-order valence-corrected chi connectivity index (χ4v) is 1.18. The van der Waals surface area contributed by atoms with E-state index in [1.165, 1.54) is 12.3 Å². The van der Waals surface area contributed by atoms with Crippen LogP contribution < -0.4 is 10.6 Å². The largest absolute Gasteiger partial charge is 0.349 e. The van der Waals surface area contributed by atoms with Crippen molar-refractivity contribution in [3.8, 4) is 0 Å². The quantitative estimate of drug-likeness (QED) is 0.732. The number of amides is 2. The Kier molecular flexibility index (Phi) is 5.31. The second-order valence-corrected chi connectivity index (χ2v) is 3.43.